The second-order valence-corrected chi connectivity index (χ2v) is 4.18. The van der Waals surface area contributed by atoms with E-state index in [0.29, 0.717) is 5.75 Å². The number of primary amides is 1. The van der Waals surface area contributed by atoms with E-state index in [-0.39, 0.29) is 13.0 Å². The Labute approximate surface area is 119 Å². The monoisotopic (exact) mass is 298 g/mol. The van der Waals surface area contributed by atoms with E-state index in [2.05, 4.69) is 5.32 Å². The Balaban J connectivity index is 2.37. The number of carboxylic acid groups (broad SMARTS) is 1. The number of rotatable bonds is 8. The van der Waals surface area contributed by atoms with E-state index in [1.807, 2.05) is 0 Å². The van der Waals surface area contributed by atoms with Crippen molar-refractivity contribution in [2.75, 3.05) is 6.61 Å². The van der Waals surface area contributed by atoms with Crippen LogP contribution < -0.4 is 15.8 Å². The van der Waals surface area contributed by atoms with Gasteiger partial charge in [-0.2, -0.15) is 0 Å². The van der Waals surface area contributed by atoms with E-state index in [9.17, 15) is 18.8 Å². The topological polar surface area (TPSA) is 119 Å². The summed E-state index contributed by atoms with van der Waals surface area (Å²) in [5, 5.41) is 11.0. The number of ether oxygens (including phenoxy) is 1. The predicted molar refractivity (Wildman–Crippen MR) is 69.9 cm³/mol. The highest BCUT2D eigenvalue weighted by Gasteiger charge is 2.21. The molecule has 0 bridgehead atoms. The van der Waals surface area contributed by atoms with Gasteiger partial charge in [-0.25, -0.2) is 9.18 Å². The Morgan fingerprint density at radius 3 is 2.43 bits per heavy atom. The molecule has 7 nitrogen and oxygen atoms in total. The number of aliphatic carboxylic acids is 1. The average Bonchev–Trinajstić information content (AvgIpc) is 2.39. The van der Waals surface area contributed by atoms with Crippen molar-refractivity contribution in [1.82, 2.24) is 5.32 Å². The summed E-state index contributed by atoms with van der Waals surface area (Å²) >= 11 is 0. The summed E-state index contributed by atoms with van der Waals surface area (Å²) in [6, 6.07) is 3.87. The molecule has 0 radical (unpaired) electrons. The summed E-state index contributed by atoms with van der Waals surface area (Å²) in [6.07, 6.45) is -0.597. The molecule has 4 N–H and O–H groups in total. The van der Waals surface area contributed by atoms with Crippen LogP contribution in [0.15, 0.2) is 24.3 Å². The van der Waals surface area contributed by atoms with Crippen LogP contribution in [0.3, 0.4) is 0 Å². The van der Waals surface area contributed by atoms with Crippen LogP contribution in [-0.4, -0.2) is 35.5 Å². The van der Waals surface area contributed by atoms with Gasteiger partial charge in [-0.05, 0) is 24.3 Å². The second kappa shape index (κ2) is 7.83. The minimum absolute atomic E-state index is 0.0135. The third-order valence-corrected chi connectivity index (χ3v) is 2.45. The van der Waals surface area contributed by atoms with E-state index in [4.69, 9.17) is 15.6 Å². The highest BCUT2D eigenvalue weighted by molar-refractivity contribution is 5.88. The number of nitrogens with two attached hydrogens (primary N) is 1. The van der Waals surface area contributed by atoms with Gasteiger partial charge in [0.1, 0.15) is 17.6 Å². The van der Waals surface area contributed by atoms with Gasteiger partial charge in [0, 0.05) is 0 Å². The van der Waals surface area contributed by atoms with Crippen LogP contribution in [-0.2, 0) is 14.4 Å². The van der Waals surface area contributed by atoms with Gasteiger partial charge in [-0.3, -0.25) is 9.59 Å². The Kier molecular flexibility index (Phi) is 6.12. The predicted octanol–water partition coefficient (Wildman–Crippen LogP) is 0.0394. The molecule has 0 heterocycles. The molecule has 2 amide bonds. The fourth-order valence-electron chi connectivity index (χ4n) is 1.46. The van der Waals surface area contributed by atoms with E-state index >= 15 is 0 Å². The summed E-state index contributed by atoms with van der Waals surface area (Å²) in [7, 11) is 0. The zero-order valence-corrected chi connectivity index (χ0v) is 11.0. The minimum Gasteiger partial charge on any atom is -0.493 e. The number of halogens is 1. The molecular formula is C13H15FN2O5. The van der Waals surface area contributed by atoms with Gasteiger partial charge in [0.05, 0.1) is 19.4 Å². The number of amides is 2. The largest absolute Gasteiger partial charge is 0.493 e. The van der Waals surface area contributed by atoms with Crippen molar-refractivity contribution in [2.24, 2.45) is 5.73 Å². The molecule has 0 aliphatic rings. The van der Waals surface area contributed by atoms with Crippen LogP contribution in [0.1, 0.15) is 12.8 Å². The highest BCUT2D eigenvalue weighted by atomic mass is 19.1. The van der Waals surface area contributed by atoms with Gasteiger partial charge in [0.25, 0.3) is 0 Å². The fourth-order valence-corrected chi connectivity index (χ4v) is 1.46. The smallest absolute Gasteiger partial charge is 0.326 e. The van der Waals surface area contributed by atoms with Crippen molar-refractivity contribution in [1.29, 1.82) is 0 Å². The molecule has 0 saturated carbocycles. The number of hydrogen-bond donors (Lipinski definition) is 3. The molecule has 0 fully saturated rings. The summed E-state index contributed by atoms with van der Waals surface area (Å²) in [5.41, 5.74) is 4.89. The van der Waals surface area contributed by atoms with Gasteiger partial charge in [-0.1, -0.05) is 0 Å². The molecule has 0 aromatic heterocycles. The van der Waals surface area contributed by atoms with Crippen molar-refractivity contribution < 1.29 is 28.6 Å². The zero-order valence-electron chi connectivity index (χ0n) is 11.0. The SMILES string of the molecule is NC(=O)C[C@@H](NC(=O)CCOc1ccc(F)cc1)C(=O)O. The lowest BCUT2D eigenvalue weighted by Crippen LogP contribution is -2.43. The molecule has 21 heavy (non-hydrogen) atoms. The molecule has 0 spiro atoms. The first-order valence-electron chi connectivity index (χ1n) is 6.07. The molecule has 1 aromatic carbocycles. The van der Waals surface area contributed by atoms with Crippen molar-refractivity contribution in [3.05, 3.63) is 30.1 Å². The highest BCUT2D eigenvalue weighted by Crippen LogP contribution is 2.11. The molecule has 114 valence electrons. The van der Waals surface area contributed by atoms with Crippen LogP contribution in [0.25, 0.3) is 0 Å². The lowest BCUT2D eigenvalue weighted by molar-refractivity contribution is -0.143. The number of carboxylic acids is 1. The zero-order chi connectivity index (χ0) is 15.8. The first-order chi connectivity index (χ1) is 9.88. The maximum Gasteiger partial charge on any atom is 0.326 e. The quantitative estimate of drug-likeness (QED) is 0.626. The molecule has 1 rings (SSSR count). The van der Waals surface area contributed by atoms with Gasteiger partial charge < -0.3 is 20.9 Å². The van der Waals surface area contributed by atoms with Crippen molar-refractivity contribution in [3.8, 4) is 5.75 Å². The lowest BCUT2D eigenvalue weighted by Gasteiger charge is -2.13. The first-order valence-corrected chi connectivity index (χ1v) is 6.07. The third-order valence-electron chi connectivity index (χ3n) is 2.45. The van der Waals surface area contributed by atoms with Gasteiger partial charge >= 0.3 is 5.97 Å². The molecular weight excluding hydrogens is 283 g/mol. The van der Waals surface area contributed by atoms with E-state index in [1.54, 1.807) is 0 Å². The summed E-state index contributed by atoms with van der Waals surface area (Å²) in [6.45, 7) is -0.0135. The van der Waals surface area contributed by atoms with Gasteiger partial charge in [0.2, 0.25) is 11.8 Å². The normalized spacial score (nSPS) is 11.5. The molecule has 8 heteroatoms. The van der Waals surface area contributed by atoms with E-state index < -0.39 is 36.1 Å². The van der Waals surface area contributed by atoms with Crippen molar-refractivity contribution in [3.63, 3.8) is 0 Å². The van der Waals surface area contributed by atoms with Crippen LogP contribution in [0.2, 0.25) is 0 Å². The third kappa shape index (κ3) is 6.37. The summed E-state index contributed by atoms with van der Waals surface area (Å²) < 4.78 is 17.8. The Hall–Kier alpha value is -2.64. The lowest BCUT2D eigenvalue weighted by atomic mass is 10.2. The maximum absolute atomic E-state index is 12.6. The molecule has 0 saturated heterocycles. The summed E-state index contributed by atoms with van der Waals surface area (Å²) in [4.78, 5) is 33.0. The summed E-state index contributed by atoms with van der Waals surface area (Å²) in [5.74, 6) is -2.79. The average molecular weight is 298 g/mol. The number of carbonyl (C=O) groups excluding carboxylic acids is 2. The minimum atomic E-state index is -1.36. The van der Waals surface area contributed by atoms with Crippen molar-refractivity contribution >= 4 is 17.8 Å². The Bertz CT molecular complexity index is 518. The molecule has 0 aliphatic heterocycles. The van der Waals surface area contributed by atoms with Crippen molar-refractivity contribution in [2.45, 2.75) is 18.9 Å². The molecule has 1 aromatic rings. The first kappa shape index (κ1) is 16.4. The van der Waals surface area contributed by atoms with Crippen LogP contribution >= 0.6 is 0 Å². The Morgan fingerprint density at radius 2 is 1.90 bits per heavy atom. The van der Waals surface area contributed by atoms with Crippen LogP contribution in [0.5, 0.6) is 5.75 Å². The second-order valence-electron chi connectivity index (χ2n) is 4.18. The number of hydrogen-bond acceptors (Lipinski definition) is 4. The van der Waals surface area contributed by atoms with E-state index in [0.717, 1.165) is 0 Å². The molecule has 0 aliphatic carbocycles. The maximum atomic E-state index is 12.6. The van der Waals surface area contributed by atoms with Gasteiger partial charge in [0.15, 0.2) is 0 Å². The van der Waals surface area contributed by atoms with Crippen LogP contribution in [0, 0.1) is 5.82 Å². The van der Waals surface area contributed by atoms with Gasteiger partial charge in [-0.15, -0.1) is 0 Å². The fraction of sp³-hybridized carbons (Fsp3) is 0.308. The number of nitrogens with one attached hydrogen (secondary N) is 1. The molecule has 0 unspecified atom stereocenters. The van der Waals surface area contributed by atoms with Crippen LogP contribution in [0.4, 0.5) is 4.39 Å². The molecule has 1 atom stereocenters. The standard InChI is InChI=1S/C13H15FN2O5/c14-8-1-3-9(4-2-8)21-6-5-12(18)16-10(13(19)20)7-11(15)17/h1-4,10H,5-7H2,(H2,15,17)(H,16,18)(H,19,20)/t10-/m1/s1. The number of carbonyl (C=O) groups is 3. The number of benzene rings is 1. The Morgan fingerprint density at radius 1 is 1.29 bits per heavy atom. The van der Waals surface area contributed by atoms with E-state index in [1.165, 1.54) is 24.3 Å².